The van der Waals surface area contributed by atoms with Gasteiger partial charge in [-0.2, -0.15) is 0 Å². The number of nitrogens with zero attached hydrogens (tertiary/aromatic N) is 2. The van der Waals surface area contributed by atoms with Gasteiger partial charge in [-0.05, 0) is 30.2 Å². The van der Waals surface area contributed by atoms with Gasteiger partial charge in [0.15, 0.2) is 0 Å². The quantitative estimate of drug-likeness (QED) is 0.490. The molecule has 4 aliphatic rings. The lowest BCUT2D eigenvalue weighted by atomic mass is 9.78. The number of benzene rings is 1. The van der Waals surface area contributed by atoms with Gasteiger partial charge in [0, 0.05) is 17.5 Å². The highest BCUT2D eigenvalue weighted by Gasteiger charge is 2.72. The summed E-state index contributed by atoms with van der Waals surface area (Å²) < 4.78 is 9.72. The van der Waals surface area contributed by atoms with Crippen molar-refractivity contribution in [2.45, 2.75) is 35.9 Å². The number of hydrogen-bond donors (Lipinski definition) is 1. The van der Waals surface area contributed by atoms with E-state index in [9.17, 15) is 19.5 Å². The lowest BCUT2D eigenvalue weighted by Gasteiger charge is -2.39. The molecular weight excluding hydrogens is 468 g/mol. The number of thioether (sulfide) groups is 1. The number of ether oxygens (including phenoxy) is 2. The molecule has 9 heteroatoms. The zero-order valence-corrected chi connectivity index (χ0v) is 20.8. The van der Waals surface area contributed by atoms with E-state index in [-0.39, 0.29) is 36.2 Å². The van der Waals surface area contributed by atoms with E-state index in [0.717, 1.165) is 0 Å². The van der Waals surface area contributed by atoms with Crippen molar-refractivity contribution in [2.24, 2.45) is 17.8 Å². The summed E-state index contributed by atoms with van der Waals surface area (Å²) in [6.07, 6.45) is 7.61. The smallest absolute Gasteiger partial charge is 0.311 e. The summed E-state index contributed by atoms with van der Waals surface area (Å²) in [7, 11) is 1.58. The molecule has 8 nitrogen and oxygen atoms in total. The number of methoxy groups -OCH3 is 1. The second-order valence-electron chi connectivity index (χ2n) is 9.69. The minimum absolute atomic E-state index is 0.0870. The zero-order chi connectivity index (χ0) is 24.9. The molecule has 6 atom stereocenters. The summed E-state index contributed by atoms with van der Waals surface area (Å²) in [5.74, 6) is -1.75. The molecular formula is C26H30N2O6S. The highest BCUT2D eigenvalue weighted by Crippen LogP contribution is 2.61. The van der Waals surface area contributed by atoms with Crippen molar-refractivity contribution in [2.75, 3.05) is 31.8 Å². The number of rotatable bonds is 5. The molecule has 35 heavy (non-hydrogen) atoms. The molecule has 0 saturated carbocycles. The van der Waals surface area contributed by atoms with Crippen molar-refractivity contribution >= 4 is 35.2 Å². The summed E-state index contributed by atoms with van der Waals surface area (Å²) in [6, 6.07) is 5.80. The van der Waals surface area contributed by atoms with E-state index in [4.69, 9.17) is 9.47 Å². The van der Waals surface area contributed by atoms with Crippen molar-refractivity contribution in [3.63, 3.8) is 0 Å². The first kappa shape index (κ1) is 23.9. The predicted octanol–water partition coefficient (Wildman–Crippen LogP) is 2.03. The monoisotopic (exact) mass is 498 g/mol. The normalized spacial score (nSPS) is 32.7. The Morgan fingerprint density at radius 1 is 1.17 bits per heavy atom. The van der Waals surface area contributed by atoms with Gasteiger partial charge in [0.25, 0.3) is 5.91 Å². The molecule has 5 rings (SSSR count). The Bertz CT molecular complexity index is 1090. The highest BCUT2D eigenvalue weighted by molar-refractivity contribution is 8.02. The number of aliphatic hydroxyl groups excluding tert-OH is 1. The first-order valence-electron chi connectivity index (χ1n) is 11.9. The van der Waals surface area contributed by atoms with Crippen LogP contribution in [0, 0.1) is 17.8 Å². The van der Waals surface area contributed by atoms with E-state index in [0.29, 0.717) is 18.0 Å². The number of cyclic esters (lactones) is 1. The average molecular weight is 499 g/mol. The average Bonchev–Trinajstić information content (AvgIpc) is 3.14. The van der Waals surface area contributed by atoms with Crippen LogP contribution in [0.25, 0.3) is 0 Å². The predicted molar refractivity (Wildman–Crippen MR) is 132 cm³/mol. The van der Waals surface area contributed by atoms with Crippen LogP contribution in [-0.4, -0.2) is 76.7 Å². The van der Waals surface area contributed by atoms with Crippen LogP contribution in [-0.2, 0) is 19.1 Å². The second kappa shape index (κ2) is 9.02. The fourth-order valence-corrected chi connectivity index (χ4v) is 7.87. The van der Waals surface area contributed by atoms with Crippen LogP contribution >= 0.6 is 11.8 Å². The Kier molecular flexibility index (Phi) is 6.17. The van der Waals surface area contributed by atoms with Gasteiger partial charge in [0.05, 0.1) is 36.3 Å². The van der Waals surface area contributed by atoms with Gasteiger partial charge in [-0.25, -0.2) is 0 Å². The number of amides is 2. The molecule has 2 amide bonds. The summed E-state index contributed by atoms with van der Waals surface area (Å²) in [6.45, 7) is 4.08. The van der Waals surface area contributed by atoms with Crippen molar-refractivity contribution < 1.29 is 29.0 Å². The topological polar surface area (TPSA) is 96.4 Å². The number of carbonyl (C=O) groups is 3. The third-order valence-corrected chi connectivity index (χ3v) is 9.29. The molecule has 1 aromatic carbocycles. The standard InChI is InChI=1S/C26H30N2O6S/c1-15(2)18(14-29)28-22-24(31)27(16-7-9-17(33-3)10-8-16)12-5-11-26(22)21(23(28)30)20-19(35-26)6-4-13-34-25(20)32/h4-11,15,18-22,29H,12-14H2,1-3H3/t18-,19+,20-,21-,22?,26-/m0/s1. The fraction of sp³-hybridized carbons (Fsp3) is 0.500. The zero-order valence-electron chi connectivity index (χ0n) is 20.0. The number of likely N-dealkylation sites (tertiary alicyclic amines) is 1. The number of anilines is 1. The third-order valence-electron chi connectivity index (χ3n) is 7.55. The summed E-state index contributed by atoms with van der Waals surface area (Å²) in [5.41, 5.74) is 0.690. The van der Waals surface area contributed by atoms with Crippen LogP contribution in [0.1, 0.15) is 13.8 Å². The Balaban J connectivity index is 1.64. The summed E-state index contributed by atoms with van der Waals surface area (Å²) in [5, 5.41) is 10.0. The lowest BCUT2D eigenvalue weighted by Crippen LogP contribution is -2.57. The van der Waals surface area contributed by atoms with Crippen molar-refractivity contribution in [1.82, 2.24) is 4.90 Å². The maximum Gasteiger partial charge on any atom is 0.311 e. The van der Waals surface area contributed by atoms with Crippen LogP contribution < -0.4 is 9.64 Å². The number of aliphatic hydroxyl groups is 1. The first-order chi connectivity index (χ1) is 16.8. The van der Waals surface area contributed by atoms with Crippen molar-refractivity contribution in [1.29, 1.82) is 0 Å². The van der Waals surface area contributed by atoms with Crippen LogP contribution in [0.5, 0.6) is 5.75 Å². The van der Waals surface area contributed by atoms with E-state index >= 15 is 0 Å². The number of fused-ring (bicyclic) bond motifs is 2. The Morgan fingerprint density at radius 2 is 1.91 bits per heavy atom. The second-order valence-corrected chi connectivity index (χ2v) is 11.2. The largest absolute Gasteiger partial charge is 0.497 e. The van der Waals surface area contributed by atoms with E-state index in [1.165, 1.54) is 11.8 Å². The molecule has 1 unspecified atom stereocenters. The molecule has 4 aliphatic heterocycles. The van der Waals surface area contributed by atoms with Gasteiger partial charge >= 0.3 is 5.97 Å². The molecule has 2 fully saturated rings. The molecule has 0 radical (unpaired) electrons. The van der Waals surface area contributed by atoms with E-state index in [2.05, 4.69) is 0 Å². The molecule has 0 aromatic heterocycles. The number of hydrogen-bond acceptors (Lipinski definition) is 7. The van der Waals surface area contributed by atoms with E-state index in [1.54, 1.807) is 35.1 Å². The summed E-state index contributed by atoms with van der Waals surface area (Å²) in [4.78, 5) is 44.7. The lowest BCUT2D eigenvalue weighted by molar-refractivity contribution is -0.152. The molecule has 1 spiro atoms. The number of esters is 1. The molecule has 4 heterocycles. The molecule has 0 bridgehead atoms. The number of carbonyl (C=O) groups excluding carboxylic acids is 3. The SMILES string of the molecule is COc1ccc(N2CC=C[C@]34S[C@@H]5C=CCOC(=O)[C@@H]5[C@H]3C(=O)N([C@@H](CO)C(C)C)C4C2=O)cc1. The minimum Gasteiger partial charge on any atom is -0.497 e. The van der Waals surface area contributed by atoms with Crippen LogP contribution in [0.2, 0.25) is 0 Å². The Morgan fingerprint density at radius 3 is 2.57 bits per heavy atom. The van der Waals surface area contributed by atoms with Gasteiger partial charge in [0.2, 0.25) is 5.91 Å². The van der Waals surface area contributed by atoms with Crippen molar-refractivity contribution in [3.05, 3.63) is 48.6 Å². The van der Waals surface area contributed by atoms with Gasteiger partial charge in [-0.15, -0.1) is 11.8 Å². The van der Waals surface area contributed by atoms with Crippen LogP contribution in [0.15, 0.2) is 48.6 Å². The van der Waals surface area contributed by atoms with Gasteiger partial charge < -0.3 is 24.4 Å². The minimum atomic E-state index is -0.937. The Hall–Kier alpha value is -2.78. The molecule has 1 aromatic rings. The third kappa shape index (κ3) is 3.59. The molecule has 186 valence electrons. The van der Waals surface area contributed by atoms with Gasteiger partial charge in [-0.1, -0.05) is 38.2 Å². The van der Waals surface area contributed by atoms with E-state index in [1.807, 2.05) is 44.2 Å². The fourth-order valence-electron chi connectivity index (χ4n) is 5.88. The Labute approximate surface area is 208 Å². The molecule has 1 N–H and O–H groups in total. The maximum atomic E-state index is 14.3. The highest BCUT2D eigenvalue weighted by atomic mass is 32.2. The van der Waals surface area contributed by atoms with Gasteiger partial charge in [0.1, 0.15) is 18.4 Å². The van der Waals surface area contributed by atoms with Crippen LogP contribution in [0.4, 0.5) is 5.69 Å². The van der Waals surface area contributed by atoms with Gasteiger partial charge in [-0.3, -0.25) is 14.4 Å². The van der Waals surface area contributed by atoms with E-state index < -0.39 is 34.6 Å². The van der Waals surface area contributed by atoms with Crippen LogP contribution in [0.3, 0.4) is 0 Å². The first-order valence-corrected chi connectivity index (χ1v) is 12.8. The maximum absolute atomic E-state index is 14.3. The molecule has 2 saturated heterocycles. The summed E-state index contributed by atoms with van der Waals surface area (Å²) >= 11 is 1.50. The van der Waals surface area contributed by atoms with Crippen molar-refractivity contribution in [3.8, 4) is 5.75 Å². The molecule has 0 aliphatic carbocycles.